The van der Waals surface area contributed by atoms with Gasteiger partial charge in [0, 0.05) is 19.3 Å². The number of benzene rings is 2. The first-order chi connectivity index (χ1) is 11.2. The van der Waals surface area contributed by atoms with Gasteiger partial charge in [-0.25, -0.2) is 4.98 Å². The van der Waals surface area contributed by atoms with E-state index in [0.717, 1.165) is 11.3 Å². The zero-order chi connectivity index (χ0) is 16.2. The summed E-state index contributed by atoms with van der Waals surface area (Å²) in [6.07, 6.45) is 3.29. The molecule has 1 heterocycles. The lowest BCUT2D eigenvalue weighted by Crippen LogP contribution is -2.28. The molecular weight excluding hydrogens is 286 g/mol. The van der Waals surface area contributed by atoms with Crippen LogP contribution in [0.5, 0.6) is 0 Å². The Morgan fingerprint density at radius 2 is 1.78 bits per heavy atom. The molecule has 4 heteroatoms. The average Bonchev–Trinajstić information content (AvgIpc) is 3.06. The van der Waals surface area contributed by atoms with E-state index in [-0.39, 0.29) is 5.91 Å². The maximum atomic E-state index is 12.8. The molecule has 1 amide bonds. The van der Waals surface area contributed by atoms with E-state index in [9.17, 15) is 4.79 Å². The van der Waals surface area contributed by atoms with Crippen LogP contribution in [0.1, 0.15) is 21.6 Å². The van der Waals surface area contributed by atoms with Crippen molar-refractivity contribution in [3.63, 3.8) is 0 Å². The predicted molar refractivity (Wildman–Crippen MR) is 90.5 cm³/mol. The number of para-hydroxylation sites is 1. The molecule has 0 unspecified atom stereocenters. The Hall–Kier alpha value is -2.88. The molecule has 0 N–H and O–H groups in total. The number of hydrogen-bond acceptors (Lipinski definition) is 2. The van der Waals surface area contributed by atoms with Crippen LogP contribution in [-0.2, 0) is 6.54 Å². The van der Waals surface area contributed by atoms with Crippen LogP contribution < -0.4 is 0 Å². The van der Waals surface area contributed by atoms with Gasteiger partial charge in [0.25, 0.3) is 5.91 Å². The lowest BCUT2D eigenvalue weighted by atomic mass is 10.1. The summed E-state index contributed by atoms with van der Waals surface area (Å²) in [6, 6.07) is 17.9. The zero-order valence-electron chi connectivity index (χ0n) is 13.3. The fraction of sp³-hybridized carbons (Fsp3) is 0.158. The van der Waals surface area contributed by atoms with E-state index in [0.29, 0.717) is 12.2 Å². The lowest BCUT2D eigenvalue weighted by Gasteiger charge is -2.19. The second-order valence-electron chi connectivity index (χ2n) is 5.57. The van der Waals surface area contributed by atoms with Crippen molar-refractivity contribution in [1.82, 2.24) is 14.5 Å². The minimum Gasteiger partial charge on any atom is -0.336 e. The molecule has 0 spiro atoms. The Morgan fingerprint density at radius 1 is 1.09 bits per heavy atom. The van der Waals surface area contributed by atoms with Crippen molar-refractivity contribution in [1.29, 1.82) is 0 Å². The summed E-state index contributed by atoms with van der Waals surface area (Å²) in [7, 11) is 1.82. The van der Waals surface area contributed by atoms with Gasteiger partial charge in [0.2, 0.25) is 0 Å². The number of carbonyl (C=O) groups excluding carboxylic acids is 1. The number of hydrogen-bond donors (Lipinski definition) is 0. The van der Waals surface area contributed by atoms with Crippen LogP contribution in [0, 0.1) is 6.92 Å². The highest BCUT2D eigenvalue weighted by Gasteiger charge is 2.17. The number of rotatable bonds is 4. The predicted octanol–water partition coefficient (Wildman–Crippen LogP) is 3.45. The first-order valence-electron chi connectivity index (χ1n) is 7.54. The summed E-state index contributed by atoms with van der Waals surface area (Å²) in [5.41, 5.74) is 3.82. The normalized spacial score (nSPS) is 10.5. The summed E-state index contributed by atoms with van der Waals surface area (Å²) in [5, 5.41) is 0. The number of aromatic nitrogens is 2. The molecule has 3 rings (SSSR count). The fourth-order valence-electron chi connectivity index (χ4n) is 2.56. The van der Waals surface area contributed by atoms with E-state index in [2.05, 4.69) is 18.0 Å². The summed E-state index contributed by atoms with van der Waals surface area (Å²) in [5.74, 6) is -0.0467. The van der Waals surface area contributed by atoms with Crippen molar-refractivity contribution in [2.75, 3.05) is 7.05 Å². The highest BCUT2D eigenvalue weighted by atomic mass is 16.2. The lowest BCUT2D eigenvalue weighted by molar-refractivity contribution is 0.0777. The first-order valence-corrected chi connectivity index (χ1v) is 7.54. The number of aryl methyl sites for hydroxylation is 1. The summed E-state index contributed by atoms with van der Waals surface area (Å²) in [6.45, 7) is 2.63. The van der Waals surface area contributed by atoms with E-state index in [1.54, 1.807) is 17.4 Å². The summed E-state index contributed by atoms with van der Waals surface area (Å²) in [4.78, 5) is 18.6. The highest BCUT2D eigenvalue weighted by Crippen LogP contribution is 2.15. The van der Waals surface area contributed by atoms with Gasteiger partial charge in [0.05, 0.1) is 12.5 Å². The van der Waals surface area contributed by atoms with Crippen LogP contribution in [0.2, 0.25) is 0 Å². The SMILES string of the molecule is Cc1ccccc1CN(C)C(=O)c1cncn1-c1ccccc1. The molecule has 0 bridgehead atoms. The standard InChI is InChI=1S/C19H19N3O/c1-15-8-6-7-9-16(15)13-21(2)19(23)18-12-20-14-22(18)17-10-4-3-5-11-17/h3-12,14H,13H2,1-2H3. The largest absolute Gasteiger partial charge is 0.336 e. The molecule has 0 saturated heterocycles. The Labute approximate surface area is 136 Å². The molecular formula is C19H19N3O. The van der Waals surface area contributed by atoms with Gasteiger partial charge < -0.3 is 4.90 Å². The minimum absolute atomic E-state index is 0.0467. The zero-order valence-corrected chi connectivity index (χ0v) is 13.3. The van der Waals surface area contributed by atoms with Crippen LogP contribution in [0.4, 0.5) is 0 Å². The third-order valence-electron chi connectivity index (χ3n) is 3.91. The van der Waals surface area contributed by atoms with Gasteiger partial charge in [-0.15, -0.1) is 0 Å². The van der Waals surface area contributed by atoms with Gasteiger partial charge in [-0.3, -0.25) is 9.36 Å². The molecule has 116 valence electrons. The Morgan fingerprint density at radius 3 is 2.52 bits per heavy atom. The molecule has 1 aromatic heterocycles. The van der Waals surface area contributed by atoms with Crippen molar-refractivity contribution in [3.8, 4) is 5.69 Å². The van der Waals surface area contributed by atoms with Crippen LogP contribution in [0.25, 0.3) is 5.69 Å². The molecule has 0 aliphatic carbocycles. The monoisotopic (exact) mass is 305 g/mol. The van der Waals surface area contributed by atoms with E-state index in [1.807, 2.05) is 60.1 Å². The molecule has 23 heavy (non-hydrogen) atoms. The van der Waals surface area contributed by atoms with Gasteiger partial charge in [0.1, 0.15) is 5.69 Å². The quantitative estimate of drug-likeness (QED) is 0.740. The molecule has 0 aliphatic rings. The van der Waals surface area contributed by atoms with Crippen molar-refractivity contribution >= 4 is 5.91 Å². The Bertz CT molecular complexity index is 808. The number of amides is 1. The van der Waals surface area contributed by atoms with Crippen molar-refractivity contribution in [3.05, 3.63) is 83.9 Å². The topological polar surface area (TPSA) is 38.1 Å². The molecule has 0 saturated carbocycles. The van der Waals surface area contributed by atoms with Crippen LogP contribution in [0.15, 0.2) is 67.1 Å². The molecule has 0 aliphatic heterocycles. The Balaban J connectivity index is 1.84. The average molecular weight is 305 g/mol. The van der Waals surface area contributed by atoms with Gasteiger partial charge in [-0.2, -0.15) is 0 Å². The smallest absolute Gasteiger partial charge is 0.272 e. The van der Waals surface area contributed by atoms with E-state index in [1.165, 1.54) is 5.56 Å². The van der Waals surface area contributed by atoms with Gasteiger partial charge >= 0.3 is 0 Å². The van der Waals surface area contributed by atoms with E-state index < -0.39 is 0 Å². The maximum Gasteiger partial charge on any atom is 0.272 e. The maximum absolute atomic E-state index is 12.8. The minimum atomic E-state index is -0.0467. The molecule has 2 aromatic carbocycles. The van der Waals surface area contributed by atoms with E-state index >= 15 is 0 Å². The molecule has 0 fully saturated rings. The highest BCUT2D eigenvalue weighted by molar-refractivity contribution is 5.92. The number of imidazole rings is 1. The Kier molecular flexibility index (Phi) is 4.24. The molecule has 0 radical (unpaired) electrons. The van der Waals surface area contributed by atoms with Crippen LogP contribution >= 0.6 is 0 Å². The number of carbonyl (C=O) groups is 1. The van der Waals surface area contributed by atoms with Crippen molar-refractivity contribution < 1.29 is 4.79 Å². The van der Waals surface area contributed by atoms with Crippen LogP contribution in [0.3, 0.4) is 0 Å². The first kappa shape index (κ1) is 15.0. The summed E-state index contributed by atoms with van der Waals surface area (Å²) < 4.78 is 1.82. The van der Waals surface area contributed by atoms with Gasteiger partial charge in [-0.1, -0.05) is 42.5 Å². The second kappa shape index (κ2) is 6.48. The molecule has 4 nitrogen and oxygen atoms in total. The van der Waals surface area contributed by atoms with Crippen LogP contribution in [-0.4, -0.2) is 27.4 Å². The molecule has 3 aromatic rings. The second-order valence-corrected chi connectivity index (χ2v) is 5.57. The van der Waals surface area contributed by atoms with Crippen molar-refractivity contribution in [2.24, 2.45) is 0 Å². The third kappa shape index (κ3) is 3.16. The van der Waals surface area contributed by atoms with Gasteiger partial charge in [0.15, 0.2) is 0 Å². The number of nitrogens with zero attached hydrogens (tertiary/aromatic N) is 3. The van der Waals surface area contributed by atoms with E-state index in [4.69, 9.17) is 0 Å². The van der Waals surface area contributed by atoms with Crippen molar-refractivity contribution in [2.45, 2.75) is 13.5 Å². The molecule has 0 atom stereocenters. The fourth-order valence-corrected chi connectivity index (χ4v) is 2.56. The third-order valence-corrected chi connectivity index (χ3v) is 3.91. The van der Waals surface area contributed by atoms with Gasteiger partial charge in [-0.05, 0) is 30.2 Å². The summed E-state index contributed by atoms with van der Waals surface area (Å²) >= 11 is 0.